The molecular formula is C20H16BrClN2O6. The standard InChI is InChI=1S/C20H16BrClN2O6/c1-10(25)24-20(16-9-14(22)5-7-18(16)29-12(3)27)30-19(23-24)15-8-13(21)4-6-17(15)28-11(2)26/h4-9,20H,1-3H3/t20-/m0/s1. The molecule has 10 heteroatoms. The van der Waals surface area contributed by atoms with Gasteiger partial charge in [0.2, 0.25) is 18.0 Å². The van der Waals surface area contributed by atoms with E-state index >= 15 is 0 Å². The van der Waals surface area contributed by atoms with Crippen molar-refractivity contribution < 1.29 is 28.6 Å². The summed E-state index contributed by atoms with van der Waals surface area (Å²) in [7, 11) is 0. The van der Waals surface area contributed by atoms with Crippen molar-refractivity contribution in [2.24, 2.45) is 5.10 Å². The van der Waals surface area contributed by atoms with Gasteiger partial charge in [-0.15, -0.1) is 5.10 Å². The number of nitrogens with zero attached hydrogens (tertiary/aromatic N) is 2. The molecule has 0 fully saturated rings. The van der Waals surface area contributed by atoms with E-state index in [1.54, 1.807) is 24.3 Å². The van der Waals surface area contributed by atoms with Gasteiger partial charge in [-0.3, -0.25) is 14.4 Å². The van der Waals surface area contributed by atoms with Crippen molar-refractivity contribution in [1.29, 1.82) is 0 Å². The summed E-state index contributed by atoms with van der Waals surface area (Å²) in [4.78, 5) is 35.2. The topological polar surface area (TPSA) is 94.5 Å². The summed E-state index contributed by atoms with van der Waals surface area (Å²) in [5, 5.41) is 5.70. The molecular weight excluding hydrogens is 480 g/mol. The molecule has 156 valence electrons. The average molecular weight is 496 g/mol. The first-order valence-corrected chi connectivity index (χ1v) is 9.84. The predicted octanol–water partition coefficient (Wildman–Crippen LogP) is 4.19. The summed E-state index contributed by atoms with van der Waals surface area (Å²) in [5.74, 6) is -1.07. The minimum atomic E-state index is -1.05. The number of carbonyl (C=O) groups excluding carboxylic acids is 3. The first-order valence-electron chi connectivity index (χ1n) is 8.67. The van der Waals surface area contributed by atoms with Gasteiger partial charge in [0.1, 0.15) is 11.5 Å². The van der Waals surface area contributed by atoms with Crippen molar-refractivity contribution in [2.75, 3.05) is 0 Å². The van der Waals surface area contributed by atoms with E-state index in [2.05, 4.69) is 21.0 Å². The van der Waals surface area contributed by atoms with E-state index in [9.17, 15) is 14.4 Å². The zero-order chi connectivity index (χ0) is 22.0. The summed E-state index contributed by atoms with van der Waals surface area (Å²) >= 11 is 9.47. The Morgan fingerprint density at radius 1 is 1.03 bits per heavy atom. The van der Waals surface area contributed by atoms with Crippen LogP contribution in [-0.4, -0.2) is 28.8 Å². The smallest absolute Gasteiger partial charge is 0.308 e. The Kier molecular flexibility index (Phi) is 6.42. The van der Waals surface area contributed by atoms with Gasteiger partial charge < -0.3 is 14.2 Å². The van der Waals surface area contributed by atoms with Gasteiger partial charge in [-0.25, -0.2) is 0 Å². The molecule has 0 spiro atoms. The maximum Gasteiger partial charge on any atom is 0.308 e. The van der Waals surface area contributed by atoms with Crippen LogP contribution >= 0.6 is 27.5 Å². The number of hydrogen-bond acceptors (Lipinski definition) is 7. The molecule has 0 radical (unpaired) electrons. The van der Waals surface area contributed by atoms with Crippen LogP contribution in [0.4, 0.5) is 0 Å². The molecule has 2 aromatic carbocycles. The molecule has 0 N–H and O–H groups in total. The van der Waals surface area contributed by atoms with Crippen LogP contribution < -0.4 is 9.47 Å². The maximum absolute atomic E-state index is 12.3. The molecule has 0 aliphatic carbocycles. The molecule has 1 aliphatic heterocycles. The Balaban J connectivity index is 2.07. The molecule has 0 unspecified atom stereocenters. The normalized spacial score (nSPS) is 15.3. The summed E-state index contributed by atoms with van der Waals surface area (Å²) < 4.78 is 17.1. The predicted molar refractivity (Wildman–Crippen MR) is 111 cm³/mol. The second-order valence-electron chi connectivity index (χ2n) is 6.25. The first kappa shape index (κ1) is 21.8. The summed E-state index contributed by atoms with van der Waals surface area (Å²) in [6.07, 6.45) is -1.05. The molecule has 1 amide bonds. The Labute approximate surface area is 185 Å². The number of rotatable bonds is 4. The lowest BCUT2D eigenvalue weighted by molar-refractivity contribution is -0.135. The molecule has 2 aromatic rings. The Morgan fingerprint density at radius 2 is 1.67 bits per heavy atom. The van der Waals surface area contributed by atoms with Crippen LogP contribution in [0.2, 0.25) is 5.02 Å². The Hall–Kier alpha value is -2.91. The van der Waals surface area contributed by atoms with Gasteiger partial charge in [0.25, 0.3) is 0 Å². The average Bonchev–Trinajstić information content (AvgIpc) is 3.09. The third-order valence-electron chi connectivity index (χ3n) is 3.88. The van der Waals surface area contributed by atoms with Gasteiger partial charge in [0.15, 0.2) is 0 Å². The van der Waals surface area contributed by atoms with E-state index in [1.165, 1.54) is 32.9 Å². The second kappa shape index (κ2) is 8.85. The summed E-state index contributed by atoms with van der Waals surface area (Å²) in [6.45, 7) is 3.84. The molecule has 30 heavy (non-hydrogen) atoms. The second-order valence-corrected chi connectivity index (χ2v) is 7.60. The van der Waals surface area contributed by atoms with Gasteiger partial charge in [-0.05, 0) is 36.4 Å². The van der Waals surface area contributed by atoms with E-state index < -0.39 is 24.1 Å². The van der Waals surface area contributed by atoms with Gasteiger partial charge in [0, 0.05) is 30.3 Å². The highest BCUT2D eigenvalue weighted by molar-refractivity contribution is 9.10. The van der Waals surface area contributed by atoms with Gasteiger partial charge in [0.05, 0.1) is 11.1 Å². The highest BCUT2D eigenvalue weighted by atomic mass is 79.9. The van der Waals surface area contributed by atoms with Crippen LogP contribution in [0, 0.1) is 0 Å². The number of halogens is 2. The fraction of sp³-hybridized carbons (Fsp3) is 0.200. The van der Waals surface area contributed by atoms with Crippen LogP contribution in [0.5, 0.6) is 11.5 Å². The fourth-order valence-electron chi connectivity index (χ4n) is 2.75. The number of benzene rings is 2. The summed E-state index contributed by atoms with van der Waals surface area (Å²) in [5.41, 5.74) is 0.681. The lowest BCUT2D eigenvalue weighted by atomic mass is 10.1. The number of hydrazone groups is 1. The molecule has 1 aliphatic rings. The molecule has 0 aromatic heterocycles. The van der Waals surface area contributed by atoms with E-state index in [0.717, 1.165) is 5.01 Å². The third-order valence-corrected chi connectivity index (χ3v) is 4.61. The molecule has 0 saturated heterocycles. The van der Waals surface area contributed by atoms with E-state index in [-0.39, 0.29) is 17.4 Å². The first-order chi connectivity index (χ1) is 14.2. The van der Waals surface area contributed by atoms with Crippen molar-refractivity contribution in [3.63, 3.8) is 0 Å². The van der Waals surface area contributed by atoms with Crippen LogP contribution in [0.3, 0.4) is 0 Å². The number of hydrogen-bond donors (Lipinski definition) is 0. The number of ether oxygens (including phenoxy) is 3. The number of carbonyl (C=O) groups is 3. The van der Waals surface area contributed by atoms with Crippen molar-refractivity contribution in [2.45, 2.75) is 27.0 Å². The fourth-order valence-corrected chi connectivity index (χ4v) is 3.29. The molecule has 0 saturated carbocycles. The number of amides is 1. The van der Waals surface area contributed by atoms with Crippen LogP contribution in [0.25, 0.3) is 0 Å². The lowest BCUT2D eigenvalue weighted by Gasteiger charge is -2.21. The minimum absolute atomic E-state index is 0.0431. The van der Waals surface area contributed by atoms with Crippen molar-refractivity contribution >= 4 is 51.3 Å². The SMILES string of the molecule is CC(=O)Oc1ccc(Br)cc1C1=NN(C(C)=O)[C@H](c2cc(Cl)ccc2OC(C)=O)O1. The molecule has 8 nitrogen and oxygen atoms in total. The molecule has 3 rings (SSSR count). The molecule has 1 atom stereocenters. The Morgan fingerprint density at radius 3 is 2.30 bits per heavy atom. The monoisotopic (exact) mass is 494 g/mol. The maximum atomic E-state index is 12.3. The van der Waals surface area contributed by atoms with Crippen molar-refractivity contribution in [1.82, 2.24) is 5.01 Å². The lowest BCUT2D eigenvalue weighted by Crippen LogP contribution is -2.26. The van der Waals surface area contributed by atoms with Crippen molar-refractivity contribution in [3.8, 4) is 11.5 Å². The van der Waals surface area contributed by atoms with Crippen LogP contribution in [-0.2, 0) is 19.1 Å². The van der Waals surface area contributed by atoms with E-state index in [4.69, 9.17) is 25.8 Å². The zero-order valence-electron chi connectivity index (χ0n) is 16.1. The minimum Gasteiger partial charge on any atom is -0.445 e. The third kappa shape index (κ3) is 4.80. The van der Waals surface area contributed by atoms with Crippen LogP contribution in [0.15, 0.2) is 46.0 Å². The van der Waals surface area contributed by atoms with E-state index in [0.29, 0.717) is 20.6 Å². The van der Waals surface area contributed by atoms with Gasteiger partial charge in [-0.1, -0.05) is 27.5 Å². The molecule has 1 heterocycles. The quantitative estimate of drug-likeness (QED) is 0.466. The van der Waals surface area contributed by atoms with Gasteiger partial charge in [-0.2, -0.15) is 5.01 Å². The number of esters is 2. The highest BCUT2D eigenvalue weighted by Gasteiger charge is 2.36. The summed E-state index contributed by atoms with van der Waals surface area (Å²) in [6, 6.07) is 9.47. The molecule has 0 bridgehead atoms. The Bertz CT molecular complexity index is 1070. The largest absolute Gasteiger partial charge is 0.445 e. The van der Waals surface area contributed by atoms with Crippen molar-refractivity contribution in [3.05, 3.63) is 57.0 Å². The zero-order valence-corrected chi connectivity index (χ0v) is 18.5. The van der Waals surface area contributed by atoms with E-state index in [1.807, 2.05) is 0 Å². The van der Waals surface area contributed by atoms with Crippen LogP contribution in [0.1, 0.15) is 38.1 Å². The van der Waals surface area contributed by atoms with Gasteiger partial charge >= 0.3 is 11.9 Å². The highest BCUT2D eigenvalue weighted by Crippen LogP contribution is 2.38.